The van der Waals surface area contributed by atoms with Crippen LogP contribution in [0.2, 0.25) is 0 Å². The van der Waals surface area contributed by atoms with Crippen molar-refractivity contribution < 1.29 is 4.74 Å². The van der Waals surface area contributed by atoms with Gasteiger partial charge in [-0.2, -0.15) is 0 Å². The van der Waals surface area contributed by atoms with Crippen molar-refractivity contribution in [2.24, 2.45) is 0 Å². The molecule has 0 saturated heterocycles. The summed E-state index contributed by atoms with van der Waals surface area (Å²) in [5, 5.41) is 1.16. The van der Waals surface area contributed by atoms with E-state index in [-0.39, 0.29) is 0 Å². The monoisotopic (exact) mass is 472 g/mol. The number of ether oxygens (including phenoxy) is 1. The van der Waals surface area contributed by atoms with Crippen molar-refractivity contribution in [3.05, 3.63) is 132 Å². The molecule has 0 spiro atoms. The van der Waals surface area contributed by atoms with Gasteiger partial charge in [0.15, 0.2) is 0 Å². The first kappa shape index (κ1) is 23.8. The fourth-order valence-corrected chi connectivity index (χ4v) is 4.73. The van der Waals surface area contributed by atoms with Crippen LogP contribution in [0, 0.1) is 0 Å². The summed E-state index contributed by atoms with van der Waals surface area (Å²) in [5.74, 6) is 1.18. The summed E-state index contributed by atoms with van der Waals surface area (Å²) in [5.41, 5.74) is 7.19. The molecule has 3 nitrogen and oxygen atoms in total. The first-order valence-corrected chi connectivity index (χ1v) is 12.5. The van der Waals surface area contributed by atoms with Gasteiger partial charge in [0, 0.05) is 36.6 Å². The van der Waals surface area contributed by atoms with Gasteiger partial charge in [-0.05, 0) is 52.6 Å². The van der Waals surface area contributed by atoms with Gasteiger partial charge < -0.3 is 4.74 Å². The van der Waals surface area contributed by atoms with E-state index in [1.807, 2.05) is 12.1 Å². The predicted molar refractivity (Wildman–Crippen MR) is 149 cm³/mol. The predicted octanol–water partition coefficient (Wildman–Crippen LogP) is 7.72. The van der Waals surface area contributed by atoms with Gasteiger partial charge >= 0.3 is 0 Å². The van der Waals surface area contributed by atoms with E-state index in [2.05, 4.69) is 115 Å². The number of fused-ring (bicyclic) bond motifs is 1. The maximum absolute atomic E-state index is 5.29. The third-order valence-electron chi connectivity index (χ3n) is 6.67. The number of hydrogen-bond acceptors (Lipinski definition) is 3. The smallest absolute Gasteiger partial charge is 0.118 e. The van der Waals surface area contributed by atoms with Crippen molar-refractivity contribution in [3.63, 3.8) is 0 Å². The lowest BCUT2D eigenvalue weighted by Gasteiger charge is -2.26. The van der Waals surface area contributed by atoms with Crippen molar-refractivity contribution >= 4 is 10.9 Å². The molecule has 0 bridgehead atoms. The zero-order valence-corrected chi connectivity index (χ0v) is 21.0. The maximum Gasteiger partial charge on any atom is 0.118 e. The van der Waals surface area contributed by atoms with E-state index >= 15 is 0 Å². The lowest BCUT2D eigenvalue weighted by Crippen LogP contribution is -2.27. The van der Waals surface area contributed by atoms with E-state index in [9.17, 15) is 0 Å². The van der Waals surface area contributed by atoms with Gasteiger partial charge in [-0.1, -0.05) is 91.9 Å². The lowest BCUT2D eigenvalue weighted by atomic mass is 10.0. The largest absolute Gasteiger partial charge is 0.497 e. The van der Waals surface area contributed by atoms with E-state index in [4.69, 9.17) is 9.72 Å². The Kier molecular flexibility index (Phi) is 7.39. The molecule has 1 unspecified atom stereocenters. The first-order chi connectivity index (χ1) is 17.7. The molecule has 1 atom stereocenters. The molecule has 0 aliphatic carbocycles. The molecule has 4 aromatic carbocycles. The van der Waals surface area contributed by atoms with Gasteiger partial charge in [0.05, 0.1) is 12.6 Å². The van der Waals surface area contributed by atoms with Gasteiger partial charge in [-0.15, -0.1) is 0 Å². The highest BCUT2D eigenvalue weighted by atomic mass is 16.5. The van der Waals surface area contributed by atoms with Crippen LogP contribution in [0.1, 0.15) is 29.7 Å². The zero-order chi connectivity index (χ0) is 24.7. The number of nitrogens with zero attached hydrogens (tertiary/aromatic N) is 2. The average molecular weight is 473 g/mol. The van der Waals surface area contributed by atoms with Crippen LogP contribution in [0.5, 0.6) is 5.75 Å². The van der Waals surface area contributed by atoms with Crippen LogP contribution in [-0.4, -0.2) is 23.5 Å². The van der Waals surface area contributed by atoms with E-state index in [0.29, 0.717) is 5.92 Å². The normalized spacial score (nSPS) is 12.1. The van der Waals surface area contributed by atoms with Crippen LogP contribution >= 0.6 is 0 Å². The van der Waals surface area contributed by atoms with Gasteiger partial charge in [-0.25, -0.2) is 0 Å². The summed E-state index contributed by atoms with van der Waals surface area (Å²) in [7, 11) is 1.69. The first-order valence-electron chi connectivity index (χ1n) is 12.5. The summed E-state index contributed by atoms with van der Waals surface area (Å²) >= 11 is 0. The van der Waals surface area contributed by atoms with Crippen molar-refractivity contribution in [2.45, 2.75) is 25.9 Å². The zero-order valence-electron chi connectivity index (χ0n) is 21.0. The van der Waals surface area contributed by atoms with Crippen molar-refractivity contribution in [1.29, 1.82) is 0 Å². The van der Waals surface area contributed by atoms with Crippen LogP contribution in [0.25, 0.3) is 22.0 Å². The number of pyridine rings is 1. The molecule has 5 rings (SSSR count). The van der Waals surface area contributed by atoms with E-state index in [1.54, 1.807) is 7.11 Å². The SMILES string of the molecule is COc1ccc(-c2ccc3nc(C(C)CN(Cc4ccccc4)Cc4ccccc4)ccc3c2)cc1. The Bertz CT molecular complexity index is 1360. The second kappa shape index (κ2) is 11.2. The Hall–Kier alpha value is -3.95. The number of aromatic nitrogens is 1. The minimum Gasteiger partial charge on any atom is -0.497 e. The highest BCUT2D eigenvalue weighted by Crippen LogP contribution is 2.27. The maximum atomic E-state index is 5.29. The molecule has 0 N–H and O–H groups in total. The summed E-state index contributed by atoms with van der Waals surface area (Å²) in [6.07, 6.45) is 0. The Morgan fingerprint density at radius 3 is 1.92 bits per heavy atom. The Morgan fingerprint density at radius 2 is 1.31 bits per heavy atom. The van der Waals surface area contributed by atoms with Crippen molar-refractivity contribution in [2.75, 3.05) is 13.7 Å². The molecule has 180 valence electrons. The second-order valence-corrected chi connectivity index (χ2v) is 9.41. The molecule has 5 aromatic rings. The molecular weight excluding hydrogens is 440 g/mol. The van der Waals surface area contributed by atoms with Gasteiger partial charge in [0.2, 0.25) is 0 Å². The van der Waals surface area contributed by atoms with Crippen LogP contribution in [0.4, 0.5) is 0 Å². The summed E-state index contributed by atoms with van der Waals surface area (Å²) in [6.45, 7) is 5.05. The Morgan fingerprint density at radius 1 is 0.694 bits per heavy atom. The molecule has 3 heteroatoms. The number of methoxy groups -OCH3 is 1. The average Bonchev–Trinajstić information content (AvgIpc) is 2.93. The van der Waals surface area contributed by atoms with Crippen LogP contribution in [0.15, 0.2) is 115 Å². The molecular formula is C33H32N2O. The fraction of sp³-hybridized carbons (Fsp3) is 0.182. The molecule has 0 saturated carbocycles. The highest BCUT2D eigenvalue weighted by Gasteiger charge is 2.15. The fourth-order valence-electron chi connectivity index (χ4n) is 4.73. The van der Waals surface area contributed by atoms with Crippen LogP contribution in [0.3, 0.4) is 0 Å². The quantitative estimate of drug-likeness (QED) is 0.220. The van der Waals surface area contributed by atoms with E-state index in [1.165, 1.54) is 22.3 Å². The molecule has 0 aliphatic rings. The molecule has 36 heavy (non-hydrogen) atoms. The van der Waals surface area contributed by atoms with Gasteiger partial charge in [-0.3, -0.25) is 9.88 Å². The highest BCUT2D eigenvalue weighted by molar-refractivity contribution is 5.84. The topological polar surface area (TPSA) is 25.4 Å². The molecule has 0 fully saturated rings. The lowest BCUT2D eigenvalue weighted by molar-refractivity contribution is 0.242. The molecule has 1 aromatic heterocycles. The van der Waals surface area contributed by atoms with E-state index in [0.717, 1.165) is 42.0 Å². The minimum atomic E-state index is 0.308. The summed E-state index contributed by atoms with van der Waals surface area (Å²) in [6, 6.07) is 40.5. The number of benzene rings is 4. The third-order valence-corrected chi connectivity index (χ3v) is 6.67. The molecule has 1 heterocycles. The standard InChI is InChI=1S/C33H32N2O/c1-25(22-35(23-26-9-5-3-6-10-26)24-27-11-7-4-8-12-27)32-19-16-30-21-29(15-20-33(30)34-32)28-13-17-31(36-2)18-14-28/h3-21,25H,22-24H2,1-2H3. The van der Waals surface area contributed by atoms with Crippen molar-refractivity contribution in [1.82, 2.24) is 9.88 Å². The van der Waals surface area contributed by atoms with Crippen molar-refractivity contribution in [3.8, 4) is 16.9 Å². The number of hydrogen-bond donors (Lipinski definition) is 0. The van der Waals surface area contributed by atoms with Crippen LogP contribution in [-0.2, 0) is 13.1 Å². The summed E-state index contributed by atoms with van der Waals surface area (Å²) in [4.78, 5) is 7.58. The van der Waals surface area contributed by atoms with E-state index < -0.39 is 0 Å². The summed E-state index contributed by atoms with van der Waals surface area (Å²) < 4.78 is 5.29. The van der Waals surface area contributed by atoms with Crippen LogP contribution < -0.4 is 4.74 Å². The third kappa shape index (κ3) is 5.81. The number of rotatable bonds is 9. The molecule has 0 aliphatic heterocycles. The molecule has 0 amide bonds. The Balaban J connectivity index is 1.35. The molecule has 0 radical (unpaired) electrons. The van der Waals surface area contributed by atoms with Gasteiger partial charge in [0.25, 0.3) is 0 Å². The second-order valence-electron chi connectivity index (χ2n) is 9.41. The Labute approximate surface area is 214 Å². The minimum absolute atomic E-state index is 0.308. The van der Waals surface area contributed by atoms with Gasteiger partial charge in [0.1, 0.15) is 5.75 Å².